The molecule has 0 rings (SSSR count). The molecule has 0 aromatic rings. The van der Waals surface area contributed by atoms with E-state index in [1.165, 1.54) is 0 Å². The lowest BCUT2D eigenvalue weighted by molar-refractivity contribution is -0.137. The normalized spacial score (nSPS) is 13.2. The standard InChI is InChI=1S/C4H7BrO3/c5-3(2-6)1-4(7)8/h3,6H,1-2H2,(H,7,8). The second-order valence-corrected chi connectivity index (χ2v) is 2.67. The molecular weight excluding hydrogens is 176 g/mol. The first-order valence-corrected chi connectivity index (χ1v) is 3.05. The number of aliphatic hydroxyl groups is 1. The molecule has 0 heterocycles. The van der Waals surface area contributed by atoms with Crippen molar-refractivity contribution in [3.63, 3.8) is 0 Å². The van der Waals surface area contributed by atoms with E-state index in [1.807, 2.05) is 0 Å². The van der Waals surface area contributed by atoms with Crippen molar-refractivity contribution in [1.29, 1.82) is 0 Å². The van der Waals surface area contributed by atoms with Crippen molar-refractivity contribution >= 4 is 21.9 Å². The van der Waals surface area contributed by atoms with Crippen molar-refractivity contribution in [3.05, 3.63) is 0 Å². The molecule has 0 radical (unpaired) electrons. The third kappa shape index (κ3) is 4.08. The molecule has 2 N–H and O–H groups in total. The Morgan fingerprint density at radius 3 is 2.38 bits per heavy atom. The molecule has 4 heteroatoms. The topological polar surface area (TPSA) is 57.5 Å². The van der Waals surface area contributed by atoms with Crippen LogP contribution in [0.2, 0.25) is 0 Å². The Morgan fingerprint density at radius 2 is 2.25 bits per heavy atom. The Hall–Kier alpha value is -0.0900. The molecule has 0 aliphatic carbocycles. The van der Waals surface area contributed by atoms with Crippen LogP contribution >= 0.6 is 15.9 Å². The molecule has 0 aromatic carbocycles. The summed E-state index contributed by atoms with van der Waals surface area (Å²) < 4.78 is 0. The fourth-order valence-corrected chi connectivity index (χ4v) is 0.531. The zero-order valence-corrected chi connectivity index (χ0v) is 5.76. The van der Waals surface area contributed by atoms with Gasteiger partial charge in [0.1, 0.15) is 0 Å². The van der Waals surface area contributed by atoms with Gasteiger partial charge >= 0.3 is 5.97 Å². The number of halogens is 1. The van der Waals surface area contributed by atoms with Gasteiger partial charge in [-0.2, -0.15) is 0 Å². The highest BCUT2D eigenvalue weighted by atomic mass is 79.9. The first-order valence-electron chi connectivity index (χ1n) is 2.13. The van der Waals surface area contributed by atoms with E-state index in [2.05, 4.69) is 15.9 Å². The first-order chi connectivity index (χ1) is 3.66. The van der Waals surface area contributed by atoms with Crippen LogP contribution in [0.15, 0.2) is 0 Å². The smallest absolute Gasteiger partial charge is 0.304 e. The third-order valence-electron chi connectivity index (χ3n) is 0.594. The average Bonchev–Trinajstić information content (AvgIpc) is 1.65. The van der Waals surface area contributed by atoms with Gasteiger partial charge in [0, 0.05) is 4.83 Å². The molecule has 8 heavy (non-hydrogen) atoms. The fraction of sp³-hybridized carbons (Fsp3) is 0.750. The summed E-state index contributed by atoms with van der Waals surface area (Å²) in [6.07, 6.45) is -0.0312. The van der Waals surface area contributed by atoms with Gasteiger partial charge in [0.2, 0.25) is 0 Å². The van der Waals surface area contributed by atoms with Crippen molar-refractivity contribution in [3.8, 4) is 0 Å². The van der Waals surface area contributed by atoms with Gasteiger partial charge in [-0.05, 0) is 0 Å². The minimum Gasteiger partial charge on any atom is -0.481 e. The lowest BCUT2D eigenvalue weighted by Crippen LogP contribution is -2.09. The lowest BCUT2D eigenvalue weighted by Gasteiger charge is -1.98. The molecule has 0 aliphatic heterocycles. The van der Waals surface area contributed by atoms with Crippen LogP contribution in [0.5, 0.6) is 0 Å². The van der Waals surface area contributed by atoms with E-state index >= 15 is 0 Å². The van der Waals surface area contributed by atoms with Gasteiger partial charge < -0.3 is 10.2 Å². The lowest BCUT2D eigenvalue weighted by atomic mass is 10.3. The Bertz CT molecular complexity index is 83.4. The Labute approximate surface area is 55.5 Å². The number of hydrogen-bond acceptors (Lipinski definition) is 2. The van der Waals surface area contributed by atoms with Crippen LogP contribution < -0.4 is 0 Å². The number of aliphatic carboxylic acids is 1. The van der Waals surface area contributed by atoms with E-state index < -0.39 is 5.97 Å². The number of alkyl halides is 1. The largest absolute Gasteiger partial charge is 0.481 e. The minimum absolute atomic E-state index is 0.0312. The van der Waals surface area contributed by atoms with E-state index in [0.717, 1.165) is 0 Å². The number of carbonyl (C=O) groups is 1. The zero-order valence-electron chi connectivity index (χ0n) is 4.17. The number of carboxylic acid groups (broad SMARTS) is 1. The maximum Gasteiger partial charge on any atom is 0.304 e. The third-order valence-corrected chi connectivity index (χ3v) is 1.21. The van der Waals surface area contributed by atoms with Crippen LogP contribution in [0.3, 0.4) is 0 Å². The highest BCUT2D eigenvalue weighted by molar-refractivity contribution is 9.09. The summed E-state index contributed by atoms with van der Waals surface area (Å²) in [4.78, 5) is 9.52. The van der Waals surface area contributed by atoms with E-state index in [1.54, 1.807) is 0 Å². The van der Waals surface area contributed by atoms with Crippen molar-refractivity contribution < 1.29 is 15.0 Å². The average molecular weight is 183 g/mol. The summed E-state index contributed by atoms with van der Waals surface area (Å²) in [6, 6.07) is 0. The molecule has 1 unspecified atom stereocenters. The van der Waals surface area contributed by atoms with Gasteiger partial charge in [0.15, 0.2) is 0 Å². The minimum atomic E-state index is -0.902. The van der Waals surface area contributed by atoms with Crippen LogP contribution in [-0.2, 0) is 4.79 Å². The predicted molar refractivity (Wildman–Crippen MR) is 32.1 cm³/mol. The number of aliphatic hydroxyl groups excluding tert-OH is 1. The molecule has 0 saturated carbocycles. The molecule has 0 aromatic heterocycles. The Kier molecular flexibility index (Phi) is 3.81. The first kappa shape index (κ1) is 7.91. The molecule has 0 fully saturated rings. The van der Waals surface area contributed by atoms with Crippen molar-refractivity contribution in [2.24, 2.45) is 0 Å². The summed E-state index contributed by atoms with van der Waals surface area (Å²) in [6.45, 7) is -0.133. The fourth-order valence-electron chi connectivity index (χ4n) is 0.254. The van der Waals surface area contributed by atoms with Crippen LogP contribution in [-0.4, -0.2) is 27.6 Å². The van der Waals surface area contributed by atoms with E-state index in [0.29, 0.717) is 0 Å². The van der Waals surface area contributed by atoms with Crippen LogP contribution in [0.1, 0.15) is 6.42 Å². The quantitative estimate of drug-likeness (QED) is 0.615. The monoisotopic (exact) mass is 182 g/mol. The van der Waals surface area contributed by atoms with E-state index in [4.69, 9.17) is 10.2 Å². The Morgan fingerprint density at radius 1 is 1.75 bits per heavy atom. The van der Waals surface area contributed by atoms with E-state index in [-0.39, 0.29) is 17.9 Å². The summed E-state index contributed by atoms with van der Waals surface area (Å²) in [5.74, 6) is -0.902. The van der Waals surface area contributed by atoms with Crippen LogP contribution in [0.4, 0.5) is 0 Å². The summed E-state index contributed by atoms with van der Waals surface area (Å²) in [5.41, 5.74) is 0. The van der Waals surface area contributed by atoms with Gasteiger partial charge in [0.05, 0.1) is 13.0 Å². The molecule has 1 atom stereocenters. The maximum atomic E-state index is 9.83. The van der Waals surface area contributed by atoms with Gasteiger partial charge in [-0.25, -0.2) is 0 Å². The molecule has 0 bridgehead atoms. The number of carboxylic acids is 1. The van der Waals surface area contributed by atoms with Gasteiger partial charge in [0.25, 0.3) is 0 Å². The molecular formula is C4H7BrO3. The highest BCUT2D eigenvalue weighted by Gasteiger charge is 2.05. The molecule has 0 spiro atoms. The van der Waals surface area contributed by atoms with Crippen LogP contribution in [0, 0.1) is 0 Å². The summed E-state index contributed by atoms with van der Waals surface area (Å²) in [7, 11) is 0. The van der Waals surface area contributed by atoms with Crippen molar-refractivity contribution in [1.82, 2.24) is 0 Å². The second-order valence-electron chi connectivity index (χ2n) is 1.38. The number of hydrogen-bond donors (Lipinski definition) is 2. The SMILES string of the molecule is O=C(O)CC(Br)CO. The highest BCUT2D eigenvalue weighted by Crippen LogP contribution is 2.02. The molecule has 0 amide bonds. The van der Waals surface area contributed by atoms with Crippen molar-refractivity contribution in [2.75, 3.05) is 6.61 Å². The molecule has 0 saturated heterocycles. The number of rotatable bonds is 3. The van der Waals surface area contributed by atoms with E-state index in [9.17, 15) is 4.79 Å². The zero-order chi connectivity index (χ0) is 6.57. The summed E-state index contributed by atoms with van der Waals surface area (Å²) in [5, 5.41) is 16.3. The predicted octanol–water partition coefficient (Wildman–Crippen LogP) is 0.217. The maximum absolute atomic E-state index is 9.83. The second kappa shape index (κ2) is 3.86. The Balaban J connectivity index is 3.24. The van der Waals surface area contributed by atoms with Gasteiger partial charge in [-0.15, -0.1) is 0 Å². The van der Waals surface area contributed by atoms with Gasteiger partial charge in [-0.3, -0.25) is 4.79 Å². The molecule has 48 valence electrons. The van der Waals surface area contributed by atoms with Crippen molar-refractivity contribution in [2.45, 2.75) is 11.2 Å². The molecule has 0 aliphatic rings. The van der Waals surface area contributed by atoms with Gasteiger partial charge in [-0.1, -0.05) is 15.9 Å². The van der Waals surface area contributed by atoms with Crippen LogP contribution in [0.25, 0.3) is 0 Å². The molecule has 3 nitrogen and oxygen atoms in total. The summed E-state index contributed by atoms with van der Waals surface area (Å²) >= 11 is 2.95.